The SMILES string of the molecule is CCN(CC)C(=S)Nc1cccc(C(F)(F)F)c1. The van der Waals surface area contributed by atoms with Gasteiger partial charge in [0.1, 0.15) is 0 Å². The predicted octanol–water partition coefficient (Wildman–Crippen LogP) is 3.74. The average Bonchev–Trinajstić information content (AvgIpc) is 2.29. The fourth-order valence-corrected chi connectivity index (χ4v) is 1.86. The topological polar surface area (TPSA) is 15.3 Å². The summed E-state index contributed by atoms with van der Waals surface area (Å²) in [4.78, 5) is 1.86. The number of nitrogens with one attached hydrogen (secondary N) is 1. The first kappa shape index (κ1) is 14.8. The van der Waals surface area contributed by atoms with Crippen LogP contribution in [0.3, 0.4) is 0 Å². The van der Waals surface area contributed by atoms with Crippen molar-refractivity contribution in [2.24, 2.45) is 0 Å². The lowest BCUT2D eigenvalue weighted by molar-refractivity contribution is -0.137. The first-order valence-electron chi connectivity index (χ1n) is 5.61. The summed E-state index contributed by atoms with van der Waals surface area (Å²) in [7, 11) is 0. The minimum absolute atomic E-state index is 0.349. The molecule has 0 aliphatic carbocycles. The molecule has 1 aromatic rings. The van der Waals surface area contributed by atoms with Gasteiger partial charge in [-0.05, 0) is 44.3 Å². The number of anilines is 1. The lowest BCUT2D eigenvalue weighted by atomic mass is 10.2. The molecule has 1 aromatic carbocycles. The number of halogens is 3. The van der Waals surface area contributed by atoms with E-state index in [4.69, 9.17) is 12.2 Å². The van der Waals surface area contributed by atoms with Gasteiger partial charge in [0.15, 0.2) is 5.11 Å². The molecule has 0 amide bonds. The van der Waals surface area contributed by atoms with E-state index in [2.05, 4.69) is 5.32 Å². The van der Waals surface area contributed by atoms with Crippen LogP contribution in [0.25, 0.3) is 0 Å². The van der Waals surface area contributed by atoms with Gasteiger partial charge >= 0.3 is 6.18 Å². The molecule has 0 aromatic heterocycles. The Kier molecular flexibility index (Phi) is 4.95. The van der Waals surface area contributed by atoms with Crippen molar-refractivity contribution in [3.63, 3.8) is 0 Å². The summed E-state index contributed by atoms with van der Waals surface area (Å²) >= 11 is 5.13. The number of rotatable bonds is 3. The van der Waals surface area contributed by atoms with E-state index >= 15 is 0 Å². The van der Waals surface area contributed by atoms with Crippen LogP contribution in [0.1, 0.15) is 19.4 Å². The van der Waals surface area contributed by atoms with E-state index in [1.807, 2.05) is 18.7 Å². The van der Waals surface area contributed by atoms with Gasteiger partial charge in [0.2, 0.25) is 0 Å². The summed E-state index contributed by atoms with van der Waals surface area (Å²) in [6, 6.07) is 5.00. The minimum atomic E-state index is -4.34. The maximum Gasteiger partial charge on any atom is 0.416 e. The van der Waals surface area contributed by atoms with E-state index in [9.17, 15) is 13.2 Å². The van der Waals surface area contributed by atoms with Gasteiger partial charge in [-0.25, -0.2) is 0 Å². The van der Waals surface area contributed by atoms with E-state index in [0.29, 0.717) is 23.9 Å². The molecule has 0 radical (unpaired) electrons. The lowest BCUT2D eigenvalue weighted by Gasteiger charge is -2.22. The molecule has 0 fully saturated rings. The van der Waals surface area contributed by atoms with Gasteiger partial charge in [-0.15, -0.1) is 0 Å². The van der Waals surface area contributed by atoms with Gasteiger partial charge in [0.25, 0.3) is 0 Å². The molecule has 0 unspecified atom stereocenters. The van der Waals surface area contributed by atoms with Gasteiger partial charge in [-0.1, -0.05) is 6.07 Å². The largest absolute Gasteiger partial charge is 0.416 e. The van der Waals surface area contributed by atoms with E-state index in [1.165, 1.54) is 6.07 Å². The molecule has 0 saturated carbocycles. The van der Waals surface area contributed by atoms with Crippen molar-refractivity contribution >= 4 is 23.0 Å². The molecule has 0 aliphatic rings. The van der Waals surface area contributed by atoms with Gasteiger partial charge in [0.05, 0.1) is 5.56 Å². The molecule has 0 heterocycles. The smallest absolute Gasteiger partial charge is 0.350 e. The van der Waals surface area contributed by atoms with Crippen molar-refractivity contribution in [3.05, 3.63) is 29.8 Å². The van der Waals surface area contributed by atoms with Gasteiger partial charge in [-0.3, -0.25) is 0 Å². The maximum absolute atomic E-state index is 12.5. The normalized spacial score (nSPS) is 11.2. The van der Waals surface area contributed by atoms with Crippen LogP contribution in [0.5, 0.6) is 0 Å². The standard InChI is InChI=1S/C12H15F3N2S/c1-3-17(4-2)11(18)16-10-7-5-6-9(8-10)12(13,14)15/h5-8H,3-4H2,1-2H3,(H,16,18). The summed E-state index contributed by atoms with van der Waals surface area (Å²) in [6.45, 7) is 5.29. The van der Waals surface area contributed by atoms with E-state index in [-0.39, 0.29) is 0 Å². The lowest BCUT2D eigenvalue weighted by Crippen LogP contribution is -2.34. The molecule has 0 spiro atoms. The minimum Gasteiger partial charge on any atom is -0.350 e. The molecule has 0 bridgehead atoms. The van der Waals surface area contributed by atoms with Crippen LogP contribution in [-0.4, -0.2) is 23.1 Å². The second kappa shape index (κ2) is 6.04. The van der Waals surface area contributed by atoms with E-state index in [0.717, 1.165) is 12.1 Å². The van der Waals surface area contributed by atoms with Crippen LogP contribution in [0.15, 0.2) is 24.3 Å². The van der Waals surface area contributed by atoms with Crippen molar-refractivity contribution < 1.29 is 13.2 Å². The monoisotopic (exact) mass is 276 g/mol. The fraction of sp³-hybridized carbons (Fsp3) is 0.417. The Bertz CT molecular complexity index is 414. The second-order valence-electron chi connectivity index (χ2n) is 3.68. The van der Waals surface area contributed by atoms with Crippen molar-refractivity contribution in [2.75, 3.05) is 18.4 Å². The van der Waals surface area contributed by atoms with E-state index in [1.54, 1.807) is 6.07 Å². The highest BCUT2D eigenvalue weighted by Crippen LogP contribution is 2.30. The molecule has 1 rings (SSSR count). The summed E-state index contributed by atoms with van der Waals surface area (Å²) < 4.78 is 37.6. The summed E-state index contributed by atoms with van der Waals surface area (Å²) in [5.41, 5.74) is -0.337. The van der Waals surface area contributed by atoms with Crippen LogP contribution < -0.4 is 5.32 Å². The van der Waals surface area contributed by atoms with Gasteiger partial charge in [0, 0.05) is 18.8 Å². The van der Waals surface area contributed by atoms with Crippen LogP contribution in [-0.2, 0) is 6.18 Å². The molecule has 0 aliphatic heterocycles. The quantitative estimate of drug-likeness (QED) is 0.847. The zero-order valence-corrected chi connectivity index (χ0v) is 11.0. The Balaban J connectivity index is 2.83. The highest BCUT2D eigenvalue weighted by Gasteiger charge is 2.30. The number of nitrogens with zero attached hydrogens (tertiary/aromatic N) is 1. The Morgan fingerprint density at radius 3 is 2.39 bits per heavy atom. The van der Waals surface area contributed by atoms with Crippen LogP contribution in [0.4, 0.5) is 18.9 Å². The number of alkyl halides is 3. The van der Waals surface area contributed by atoms with Gasteiger partial charge < -0.3 is 10.2 Å². The van der Waals surface area contributed by atoms with Crippen LogP contribution >= 0.6 is 12.2 Å². The summed E-state index contributed by atoms with van der Waals surface area (Å²) in [5.74, 6) is 0. The molecule has 100 valence electrons. The molecule has 2 nitrogen and oxygen atoms in total. The highest BCUT2D eigenvalue weighted by atomic mass is 32.1. The van der Waals surface area contributed by atoms with Crippen LogP contribution in [0.2, 0.25) is 0 Å². The molecular weight excluding hydrogens is 261 g/mol. The Labute approximate surface area is 110 Å². The maximum atomic E-state index is 12.5. The molecule has 6 heteroatoms. The Hall–Kier alpha value is -1.30. The third kappa shape index (κ3) is 3.87. The van der Waals surface area contributed by atoms with Crippen molar-refractivity contribution in [3.8, 4) is 0 Å². The summed E-state index contributed by atoms with van der Waals surface area (Å²) in [6.07, 6.45) is -4.34. The molecule has 1 N–H and O–H groups in total. The predicted molar refractivity (Wildman–Crippen MR) is 70.6 cm³/mol. The molecule has 0 saturated heterocycles. The Morgan fingerprint density at radius 2 is 1.89 bits per heavy atom. The zero-order chi connectivity index (χ0) is 13.8. The van der Waals surface area contributed by atoms with Crippen molar-refractivity contribution in [2.45, 2.75) is 20.0 Å². The second-order valence-corrected chi connectivity index (χ2v) is 4.07. The number of thiocarbonyl (C=S) groups is 1. The number of hydrogen-bond acceptors (Lipinski definition) is 1. The molecular formula is C12H15F3N2S. The molecule has 0 atom stereocenters. The number of benzene rings is 1. The summed E-state index contributed by atoms with van der Waals surface area (Å²) in [5, 5.41) is 3.24. The fourth-order valence-electron chi connectivity index (χ4n) is 1.49. The third-order valence-electron chi connectivity index (χ3n) is 2.49. The van der Waals surface area contributed by atoms with E-state index < -0.39 is 11.7 Å². The van der Waals surface area contributed by atoms with Gasteiger partial charge in [-0.2, -0.15) is 13.2 Å². The van der Waals surface area contributed by atoms with Crippen molar-refractivity contribution in [1.29, 1.82) is 0 Å². The highest BCUT2D eigenvalue weighted by molar-refractivity contribution is 7.80. The number of hydrogen-bond donors (Lipinski definition) is 1. The third-order valence-corrected chi connectivity index (χ3v) is 2.85. The van der Waals surface area contributed by atoms with Crippen LogP contribution in [0, 0.1) is 0 Å². The first-order valence-corrected chi connectivity index (χ1v) is 6.02. The molecule has 18 heavy (non-hydrogen) atoms. The first-order chi connectivity index (χ1) is 8.38. The average molecular weight is 276 g/mol. The zero-order valence-electron chi connectivity index (χ0n) is 10.2. The Morgan fingerprint density at radius 1 is 1.28 bits per heavy atom. The van der Waals surface area contributed by atoms with Crippen molar-refractivity contribution in [1.82, 2.24) is 4.90 Å².